The van der Waals surface area contributed by atoms with Crippen LogP contribution in [0.1, 0.15) is 16.7 Å². The molecule has 0 amide bonds. The van der Waals surface area contributed by atoms with Crippen LogP contribution in [0.2, 0.25) is 0 Å². The number of nitrogens with zero attached hydrogens (tertiary/aromatic N) is 1. The molecule has 109 valence electrons. The number of fused-ring (bicyclic) bond motifs is 1. The number of benzene rings is 3. The maximum atomic E-state index is 4.87. The standard InChI is InChI=1S/C22H16N/c1-16(17-10-4-2-5-11-17)21-19-14-8-9-15-20(19)23-22(21)18-12-6-3-7-13-18/h2-15H,1H2/b21-16+. The highest BCUT2D eigenvalue weighted by molar-refractivity contribution is 6.40. The summed E-state index contributed by atoms with van der Waals surface area (Å²) in [4.78, 5) is 4.87. The Balaban J connectivity index is 1.96. The lowest BCUT2D eigenvalue weighted by molar-refractivity contribution is 1.53. The van der Waals surface area contributed by atoms with E-state index in [4.69, 9.17) is 4.99 Å². The first-order valence-electron chi connectivity index (χ1n) is 7.70. The number of aliphatic imine (C=N–C) groups is 1. The predicted molar refractivity (Wildman–Crippen MR) is 97.7 cm³/mol. The van der Waals surface area contributed by atoms with Crippen molar-refractivity contribution in [2.75, 3.05) is 0 Å². The molecular weight excluding hydrogens is 278 g/mol. The molecule has 1 heteroatoms. The number of para-hydroxylation sites is 1. The van der Waals surface area contributed by atoms with E-state index < -0.39 is 0 Å². The Bertz CT molecular complexity index is 903. The molecule has 3 aromatic carbocycles. The summed E-state index contributed by atoms with van der Waals surface area (Å²) in [7, 11) is 0. The fourth-order valence-corrected chi connectivity index (χ4v) is 2.98. The van der Waals surface area contributed by atoms with Gasteiger partial charge in [0.25, 0.3) is 0 Å². The van der Waals surface area contributed by atoms with Crippen LogP contribution in [-0.4, -0.2) is 5.71 Å². The average Bonchev–Trinajstić information content (AvgIpc) is 3.02. The van der Waals surface area contributed by atoms with Crippen molar-refractivity contribution in [1.29, 1.82) is 0 Å². The topological polar surface area (TPSA) is 12.4 Å². The van der Waals surface area contributed by atoms with Crippen molar-refractivity contribution in [3.63, 3.8) is 0 Å². The molecule has 1 nitrogen and oxygen atoms in total. The SMILES string of the molecule is [CH2]/C(=C1\C(c2ccccc2)=Nc2ccccc21)c1ccccc1. The van der Waals surface area contributed by atoms with Crippen molar-refractivity contribution in [1.82, 2.24) is 0 Å². The third-order valence-corrected chi connectivity index (χ3v) is 4.11. The van der Waals surface area contributed by atoms with Crippen molar-refractivity contribution in [2.24, 2.45) is 4.99 Å². The molecule has 1 radical (unpaired) electrons. The van der Waals surface area contributed by atoms with E-state index in [9.17, 15) is 0 Å². The van der Waals surface area contributed by atoms with E-state index in [1.807, 2.05) is 42.5 Å². The molecule has 0 spiro atoms. The quantitative estimate of drug-likeness (QED) is 0.586. The molecule has 0 N–H and O–H groups in total. The smallest absolute Gasteiger partial charge is 0.0791 e. The van der Waals surface area contributed by atoms with Crippen molar-refractivity contribution < 1.29 is 0 Å². The second kappa shape index (κ2) is 5.69. The van der Waals surface area contributed by atoms with Gasteiger partial charge in [-0.2, -0.15) is 0 Å². The highest BCUT2D eigenvalue weighted by atomic mass is 14.8. The van der Waals surface area contributed by atoms with Gasteiger partial charge in [0.2, 0.25) is 0 Å². The number of hydrogen-bond acceptors (Lipinski definition) is 1. The summed E-state index contributed by atoms with van der Waals surface area (Å²) in [5.74, 6) is 0. The Hall–Kier alpha value is -2.93. The molecule has 0 aliphatic carbocycles. The van der Waals surface area contributed by atoms with Crippen molar-refractivity contribution in [2.45, 2.75) is 0 Å². The van der Waals surface area contributed by atoms with Gasteiger partial charge >= 0.3 is 0 Å². The van der Waals surface area contributed by atoms with Gasteiger partial charge in [0.1, 0.15) is 0 Å². The lowest BCUT2D eigenvalue weighted by Crippen LogP contribution is -2.02. The Morgan fingerprint density at radius 3 is 2.04 bits per heavy atom. The van der Waals surface area contributed by atoms with Crippen LogP contribution in [0, 0.1) is 6.92 Å². The van der Waals surface area contributed by atoms with Gasteiger partial charge < -0.3 is 0 Å². The highest BCUT2D eigenvalue weighted by Gasteiger charge is 2.24. The molecule has 0 aromatic heterocycles. The van der Waals surface area contributed by atoms with Crippen molar-refractivity contribution in [3.8, 4) is 0 Å². The number of allylic oxidation sites excluding steroid dienone is 2. The molecular formula is C22H16N. The van der Waals surface area contributed by atoms with Gasteiger partial charge in [-0.25, -0.2) is 4.99 Å². The highest BCUT2D eigenvalue weighted by Crippen LogP contribution is 2.40. The zero-order chi connectivity index (χ0) is 15.6. The monoisotopic (exact) mass is 294 g/mol. The van der Waals surface area contributed by atoms with Gasteiger partial charge in [0.05, 0.1) is 11.4 Å². The van der Waals surface area contributed by atoms with Crippen LogP contribution in [0.15, 0.2) is 89.9 Å². The van der Waals surface area contributed by atoms with E-state index >= 15 is 0 Å². The van der Waals surface area contributed by atoms with E-state index in [1.54, 1.807) is 0 Å². The largest absolute Gasteiger partial charge is 0.247 e. The van der Waals surface area contributed by atoms with E-state index in [0.29, 0.717) is 0 Å². The summed E-state index contributed by atoms with van der Waals surface area (Å²) in [5, 5.41) is 0. The Morgan fingerprint density at radius 2 is 1.30 bits per heavy atom. The number of rotatable bonds is 2. The molecule has 1 aliphatic rings. The van der Waals surface area contributed by atoms with Gasteiger partial charge in [-0.1, -0.05) is 78.9 Å². The minimum Gasteiger partial charge on any atom is -0.247 e. The molecule has 1 aliphatic heterocycles. The van der Waals surface area contributed by atoms with E-state index in [2.05, 4.69) is 49.4 Å². The molecule has 0 bridgehead atoms. The molecule has 0 saturated heterocycles. The average molecular weight is 294 g/mol. The van der Waals surface area contributed by atoms with Gasteiger partial charge in [-0.15, -0.1) is 0 Å². The second-order valence-corrected chi connectivity index (χ2v) is 5.56. The molecule has 1 heterocycles. The fraction of sp³-hybridized carbons (Fsp3) is 0. The van der Waals surface area contributed by atoms with Crippen LogP contribution in [0.5, 0.6) is 0 Å². The van der Waals surface area contributed by atoms with Gasteiger partial charge in [0.15, 0.2) is 0 Å². The van der Waals surface area contributed by atoms with Gasteiger partial charge in [-0.05, 0) is 24.1 Å². The predicted octanol–water partition coefficient (Wildman–Crippen LogP) is 5.57. The Kier molecular flexibility index (Phi) is 3.39. The van der Waals surface area contributed by atoms with Crippen molar-refractivity contribution in [3.05, 3.63) is 109 Å². The molecule has 3 aromatic rings. The van der Waals surface area contributed by atoms with E-state index in [1.165, 1.54) is 0 Å². The summed E-state index contributed by atoms with van der Waals surface area (Å²) in [5.41, 5.74) is 7.55. The van der Waals surface area contributed by atoms with Crippen LogP contribution in [0.25, 0.3) is 11.1 Å². The van der Waals surface area contributed by atoms with Crippen LogP contribution in [-0.2, 0) is 0 Å². The molecule has 0 saturated carbocycles. The van der Waals surface area contributed by atoms with Gasteiger partial charge in [-0.3, -0.25) is 0 Å². The third kappa shape index (κ3) is 2.40. The zero-order valence-corrected chi connectivity index (χ0v) is 12.7. The summed E-state index contributed by atoms with van der Waals surface area (Å²) >= 11 is 0. The van der Waals surface area contributed by atoms with Crippen LogP contribution < -0.4 is 0 Å². The lowest BCUT2D eigenvalue weighted by atomic mass is 9.91. The first-order chi connectivity index (χ1) is 11.3. The number of hydrogen-bond donors (Lipinski definition) is 0. The minimum absolute atomic E-state index is 1.00. The molecule has 0 fully saturated rings. The summed E-state index contributed by atoms with van der Waals surface area (Å²) in [6, 6.07) is 28.9. The first kappa shape index (κ1) is 13.7. The molecule has 4 rings (SSSR count). The van der Waals surface area contributed by atoms with Crippen LogP contribution in [0.3, 0.4) is 0 Å². The lowest BCUT2D eigenvalue weighted by Gasteiger charge is -2.11. The third-order valence-electron chi connectivity index (χ3n) is 4.11. The molecule has 0 unspecified atom stereocenters. The maximum Gasteiger partial charge on any atom is 0.0791 e. The Morgan fingerprint density at radius 1 is 0.696 bits per heavy atom. The molecule has 0 atom stereocenters. The first-order valence-corrected chi connectivity index (χ1v) is 7.70. The minimum atomic E-state index is 1.00. The van der Waals surface area contributed by atoms with E-state index in [-0.39, 0.29) is 0 Å². The fourth-order valence-electron chi connectivity index (χ4n) is 2.98. The summed E-state index contributed by atoms with van der Waals surface area (Å²) in [6.07, 6.45) is 0. The van der Waals surface area contributed by atoms with Gasteiger partial charge in [0, 0.05) is 16.7 Å². The zero-order valence-electron chi connectivity index (χ0n) is 12.7. The maximum absolute atomic E-state index is 4.87. The van der Waals surface area contributed by atoms with Crippen molar-refractivity contribution >= 4 is 22.5 Å². The normalized spacial score (nSPS) is 15.1. The molecule has 23 heavy (non-hydrogen) atoms. The summed E-state index contributed by atoms with van der Waals surface area (Å²) < 4.78 is 0. The van der Waals surface area contributed by atoms with Crippen LogP contribution in [0.4, 0.5) is 5.69 Å². The van der Waals surface area contributed by atoms with E-state index in [0.717, 1.165) is 39.2 Å². The summed E-state index contributed by atoms with van der Waals surface area (Å²) in [6.45, 7) is 4.36. The second-order valence-electron chi connectivity index (χ2n) is 5.56. The Labute approximate surface area is 136 Å². The van der Waals surface area contributed by atoms with Crippen LogP contribution >= 0.6 is 0 Å².